The average molecular weight is 509 g/mol. The predicted octanol–water partition coefficient (Wildman–Crippen LogP) is 6.52. The Morgan fingerprint density at radius 1 is 0.789 bits per heavy atom. The minimum absolute atomic E-state index is 0.0229. The Labute approximate surface area is 228 Å². The number of nitrogens with zero attached hydrogens (tertiary/aromatic N) is 2. The second-order valence-corrected chi connectivity index (χ2v) is 12.4. The summed E-state index contributed by atoms with van der Waals surface area (Å²) in [5.41, 5.74) is 6.17. The van der Waals surface area contributed by atoms with Crippen LogP contribution in [0.15, 0.2) is 97.6 Å². The van der Waals surface area contributed by atoms with E-state index in [2.05, 4.69) is 106 Å². The molecule has 4 rings (SSSR count). The zero-order chi connectivity index (χ0) is 27.3. The first-order chi connectivity index (χ1) is 18.0. The number of benzene rings is 3. The molecule has 38 heavy (non-hydrogen) atoms. The van der Waals surface area contributed by atoms with Crippen LogP contribution in [-0.4, -0.2) is 10.5 Å². The molecule has 0 fully saturated rings. The molecule has 1 N–H and O–H groups in total. The largest absolute Gasteiger partial charge is 0.348 e. The number of hydrogen-bond acceptors (Lipinski definition) is 1. The molecule has 0 aliphatic heterocycles. The number of aromatic nitrogens is 2. The van der Waals surface area contributed by atoms with Crippen LogP contribution < -0.4 is 9.88 Å². The summed E-state index contributed by atoms with van der Waals surface area (Å²) < 4.78 is 4.17. The number of carbonyl (C=O) groups is 1. The third-order valence-electron chi connectivity index (χ3n) is 7.05. The van der Waals surface area contributed by atoms with E-state index in [0.717, 1.165) is 17.7 Å². The maximum absolute atomic E-state index is 13.7. The lowest BCUT2D eigenvalue weighted by Gasteiger charge is -2.26. The molecule has 0 aliphatic rings. The van der Waals surface area contributed by atoms with Gasteiger partial charge in [-0.3, -0.25) is 4.79 Å². The van der Waals surface area contributed by atoms with E-state index in [1.807, 2.05) is 47.6 Å². The summed E-state index contributed by atoms with van der Waals surface area (Å²) in [5, 5.41) is 3.27. The Morgan fingerprint density at radius 2 is 1.34 bits per heavy atom. The van der Waals surface area contributed by atoms with Gasteiger partial charge in [-0.1, -0.05) is 120 Å². The monoisotopic (exact) mass is 508 g/mol. The van der Waals surface area contributed by atoms with Gasteiger partial charge in [0.05, 0.1) is 0 Å². The standard InChI is InChI=1S/C34H41N3O/c1-33(2,3)29-19-28(20-30(22-29)34(4,5)6)23-35-32(38)31(21-26-13-9-7-10-14-26)37-18-17-36(25-37)24-27-15-11-8-12-16-27/h7-20,22,25,31H,21,23-24H2,1-6H3/p+1/t31-/m0/s1. The van der Waals surface area contributed by atoms with E-state index in [1.54, 1.807) is 0 Å². The van der Waals surface area contributed by atoms with E-state index in [0.29, 0.717) is 13.0 Å². The van der Waals surface area contributed by atoms with E-state index in [9.17, 15) is 4.79 Å². The van der Waals surface area contributed by atoms with E-state index in [1.165, 1.54) is 16.7 Å². The van der Waals surface area contributed by atoms with Gasteiger partial charge in [0.1, 0.15) is 18.9 Å². The third-order valence-corrected chi connectivity index (χ3v) is 7.05. The molecule has 4 heteroatoms. The Morgan fingerprint density at radius 3 is 1.89 bits per heavy atom. The molecule has 0 saturated heterocycles. The maximum Gasteiger partial charge on any atom is 0.266 e. The molecule has 1 heterocycles. The smallest absolute Gasteiger partial charge is 0.266 e. The van der Waals surface area contributed by atoms with Crippen molar-refractivity contribution < 1.29 is 9.36 Å². The molecular weight excluding hydrogens is 466 g/mol. The fourth-order valence-corrected chi connectivity index (χ4v) is 4.62. The quantitative estimate of drug-likeness (QED) is 0.270. The predicted molar refractivity (Wildman–Crippen MR) is 155 cm³/mol. The van der Waals surface area contributed by atoms with Crippen molar-refractivity contribution >= 4 is 5.91 Å². The summed E-state index contributed by atoms with van der Waals surface area (Å²) in [5.74, 6) is 0.0229. The molecule has 4 nitrogen and oxygen atoms in total. The highest BCUT2D eigenvalue weighted by Gasteiger charge is 2.27. The summed E-state index contributed by atoms with van der Waals surface area (Å²) in [6.45, 7) is 14.7. The van der Waals surface area contributed by atoms with Crippen LogP contribution in [0.2, 0.25) is 0 Å². The highest BCUT2D eigenvalue weighted by atomic mass is 16.2. The molecule has 0 spiro atoms. The minimum atomic E-state index is -0.345. The van der Waals surface area contributed by atoms with Crippen molar-refractivity contribution in [1.29, 1.82) is 0 Å². The number of hydrogen-bond donors (Lipinski definition) is 1. The Bertz CT molecular complexity index is 1310. The molecule has 1 atom stereocenters. The van der Waals surface area contributed by atoms with Crippen LogP contribution in [0.3, 0.4) is 0 Å². The number of amides is 1. The van der Waals surface area contributed by atoms with E-state index >= 15 is 0 Å². The normalized spacial score (nSPS) is 12.8. The Balaban J connectivity index is 1.57. The third kappa shape index (κ3) is 7.22. The first-order valence-corrected chi connectivity index (χ1v) is 13.6. The molecule has 0 radical (unpaired) electrons. The molecule has 0 bridgehead atoms. The Kier molecular flexibility index (Phi) is 8.20. The molecule has 0 saturated carbocycles. The number of rotatable bonds is 8. The molecule has 1 amide bonds. The van der Waals surface area contributed by atoms with Crippen molar-refractivity contribution in [2.75, 3.05) is 0 Å². The van der Waals surface area contributed by atoms with Gasteiger partial charge in [0.25, 0.3) is 5.91 Å². The molecule has 3 aromatic carbocycles. The molecule has 1 aromatic heterocycles. The first-order valence-electron chi connectivity index (χ1n) is 13.6. The topological polar surface area (TPSA) is 37.9 Å². The van der Waals surface area contributed by atoms with Crippen molar-refractivity contribution in [1.82, 2.24) is 9.88 Å². The average Bonchev–Trinajstić information content (AvgIpc) is 3.34. The fraction of sp³-hybridized carbons (Fsp3) is 0.353. The highest BCUT2D eigenvalue weighted by Crippen LogP contribution is 2.30. The molecular formula is C34H42N3O+. The van der Waals surface area contributed by atoms with E-state index in [-0.39, 0.29) is 22.8 Å². The van der Waals surface area contributed by atoms with Gasteiger partial charge in [-0.05, 0) is 38.6 Å². The summed E-state index contributed by atoms with van der Waals surface area (Å²) in [7, 11) is 0. The zero-order valence-corrected chi connectivity index (χ0v) is 23.7. The van der Waals surface area contributed by atoms with Crippen molar-refractivity contribution in [2.45, 2.75) is 77.9 Å². The zero-order valence-electron chi connectivity index (χ0n) is 23.7. The summed E-state index contributed by atoms with van der Waals surface area (Å²) >= 11 is 0. The minimum Gasteiger partial charge on any atom is -0.348 e. The van der Waals surface area contributed by atoms with E-state index in [4.69, 9.17) is 0 Å². The number of nitrogens with one attached hydrogen (secondary N) is 1. The van der Waals surface area contributed by atoms with Gasteiger partial charge in [0.15, 0.2) is 6.04 Å². The SMILES string of the molecule is CC(C)(C)c1cc(CNC(=O)[C@H](Cc2ccccc2)n2cc[n+](Cc3ccccc3)c2)cc(C(C)(C)C)c1. The lowest BCUT2D eigenvalue weighted by molar-refractivity contribution is -0.687. The van der Waals surface area contributed by atoms with Crippen LogP contribution in [0.4, 0.5) is 0 Å². The van der Waals surface area contributed by atoms with Crippen LogP contribution in [-0.2, 0) is 35.1 Å². The molecule has 4 aromatic rings. The number of imidazole rings is 1. The Hall–Kier alpha value is -3.66. The highest BCUT2D eigenvalue weighted by molar-refractivity contribution is 5.80. The summed E-state index contributed by atoms with van der Waals surface area (Å²) in [6.07, 6.45) is 6.72. The van der Waals surface area contributed by atoms with Crippen molar-refractivity contribution in [3.05, 3.63) is 125 Å². The van der Waals surface area contributed by atoms with Gasteiger partial charge in [-0.25, -0.2) is 9.13 Å². The molecule has 0 aliphatic carbocycles. The fourth-order valence-electron chi connectivity index (χ4n) is 4.62. The van der Waals surface area contributed by atoms with Gasteiger partial charge in [-0.15, -0.1) is 0 Å². The lowest BCUT2D eigenvalue weighted by atomic mass is 9.79. The van der Waals surface area contributed by atoms with Gasteiger partial charge in [-0.2, -0.15) is 0 Å². The first kappa shape index (κ1) is 27.4. The maximum atomic E-state index is 13.7. The van der Waals surface area contributed by atoms with Crippen LogP contribution >= 0.6 is 0 Å². The summed E-state index contributed by atoms with van der Waals surface area (Å²) in [6, 6.07) is 27.1. The van der Waals surface area contributed by atoms with Crippen molar-refractivity contribution in [2.24, 2.45) is 0 Å². The van der Waals surface area contributed by atoms with Crippen molar-refractivity contribution in [3.63, 3.8) is 0 Å². The number of carbonyl (C=O) groups excluding carboxylic acids is 1. The lowest BCUT2D eigenvalue weighted by Crippen LogP contribution is -2.36. The van der Waals surface area contributed by atoms with Crippen LogP contribution in [0.1, 0.15) is 75.4 Å². The van der Waals surface area contributed by atoms with Crippen LogP contribution in [0, 0.1) is 0 Å². The van der Waals surface area contributed by atoms with Gasteiger partial charge >= 0.3 is 0 Å². The van der Waals surface area contributed by atoms with Gasteiger partial charge < -0.3 is 5.32 Å². The molecule has 0 unspecified atom stereocenters. The second kappa shape index (κ2) is 11.4. The van der Waals surface area contributed by atoms with Crippen molar-refractivity contribution in [3.8, 4) is 0 Å². The van der Waals surface area contributed by atoms with Gasteiger partial charge in [0, 0.05) is 13.0 Å². The molecule has 198 valence electrons. The van der Waals surface area contributed by atoms with Crippen LogP contribution in [0.5, 0.6) is 0 Å². The van der Waals surface area contributed by atoms with Crippen LogP contribution in [0.25, 0.3) is 0 Å². The van der Waals surface area contributed by atoms with E-state index < -0.39 is 0 Å². The van der Waals surface area contributed by atoms with Gasteiger partial charge in [0.2, 0.25) is 6.33 Å². The second-order valence-electron chi connectivity index (χ2n) is 12.4. The summed E-state index contributed by atoms with van der Waals surface area (Å²) in [4.78, 5) is 13.7.